The second-order valence-corrected chi connectivity index (χ2v) is 6.74. The third-order valence-electron chi connectivity index (χ3n) is 3.66. The summed E-state index contributed by atoms with van der Waals surface area (Å²) in [6, 6.07) is 4.87. The molecule has 0 atom stereocenters. The van der Waals surface area contributed by atoms with Gasteiger partial charge in [0.2, 0.25) is 5.91 Å². The lowest BCUT2D eigenvalue weighted by Gasteiger charge is -2.35. The highest BCUT2D eigenvalue weighted by Gasteiger charge is 2.26. The van der Waals surface area contributed by atoms with Crippen molar-refractivity contribution in [3.63, 3.8) is 0 Å². The summed E-state index contributed by atoms with van der Waals surface area (Å²) in [5.41, 5.74) is 0.413. The molecule has 1 aromatic rings. The molecule has 1 aliphatic heterocycles. The standard InChI is InChI=1S/C16H20Cl2N2O2/c1-11(2)9-15(21)19-5-7-20(8-6-19)16(22)13-10-12(17)3-4-14(13)18/h3-4,10-11H,5-9H2,1-2H3. The minimum Gasteiger partial charge on any atom is -0.339 e. The van der Waals surface area contributed by atoms with E-state index in [1.54, 1.807) is 23.1 Å². The number of rotatable bonds is 3. The second kappa shape index (κ2) is 7.34. The predicted molar refractivity (Wildman–Crippen MR) is 88.4 cm³/mol. The van der Waals surface area contributed by atoms with E-state index in [0.29, 0.717) is 54.1 Å². The number of nitrogens with zero attached hydrogens (tertiary/aromatic N) is 2. The van der Waals surface area contributed by atoms with Gasteiger partial charge >= 0.3 is 0 Å². The van der Waals surface area contributed by atoms with Crippen LogP contribution in [0.2, 0.25) is 10.0 Å². The molecule has 0 aromatic heterocycles. The molecule has 6 heteroatoms. The summed E-state index contributed by atoms with van der Waals surface area (Å²) in [7, 11) is 0. The van der Waals surface area contributed by atoms with Crippen LogP contribution in [0, 0.1) is 5.92 Å². The quantitative estimate of drug-likeness (QED) is 0.845. The summed E-state index contributed by atoms with van der Waals surface area (Å²) >= 11 is 12.0. The van der Waals surface area contributed by atoms with Crippen molar-refractivity contribution in [3.8, 4) is 0 Å². The topological polar surface area (TPSA) is 40.6 Å². The highest BCUT2D eigenvalue weighted by Crippen LogP contribution is 2.22. The molecule has 0 radical (unpaired) electrons. The Balaban J connectivity index is 1.98. The lowest BCUT2D eigenvalue weighted by Crippen LogP contribution is -2.50. The monoisotopic (exact) mass is 342 g/mol. The van der Waals surface area contributed by atoms with Gasteiger partial charge in [-0.1, -0.05) is 37.0 Å². The number of carbonyl (C=O) groups is 2. The minimum atomic E-state index is -0.136. The Labute approximate surface area is 141 Å². The van der Waals surface area contributed by atoms with E-state index in [1.807, 2.05) is 18.7 Å². The van der Waals surface area contributed by atoms with Gasteiger partial charge in [-0.25, -0.2) is 0 Å². The Morgan fingerprint density at radius 1 is 1.09 bits per heavy atom. The van der Waals surface area contributed by atoms with Gasteiger partial charge in [-0.3, -0.25) is 9.59 Å². The largest absolute Gasteiger partial charge is 0.339 e. The van der Waals surface area contributed by atoms with E-state index < -0.39 is 0 Å². The molecular formula is C16H20Cl2N2O2. The third-order valence-corrected chi connectivity index (χ3v) is 4.23. The van der Waals surface area contributed by atoms with Gasteiger partial charge in [0.25, 0.3) is 5.91 Å². The van der Waals surface area contributed by atoms with E-state index in [4.69, 9.17) is 23.2 Å². The maximum Gasteiger partial charge on any atom is 0.255 e. The molecule has 0 unspecified atom stereocenters. The Morgan fingerprint density at radius 2 is 1.68 bits per heavy atom. The number of halogens is 2. The first kappa shape index (κ1) is 17.1. The normalized spacial score (nSPS) is 15.3. The first-order valence-corrected chi connectivity index (χ1v) is 8.16. The predicted octanol–water partition coefficient (Wildman–Crippen LogP) is 3.32. The van der Waals surface area contributed by atoms with Crippen LogP contribution in [-0.4, -0.2) is 47.8 Å². The number of hydrogen-bond acceptors (Lipinski definition) is 2. The summed E-state index contributed by atoms with van der Waals surface area (Å²) in [6.07, 6.45) is 0.550. The van der Waals surface area contributed by atoms with Crippen LogP contribution in [-0.2, 0) is 4.79 Å². The van der Waals surface area contributed by atoms with Gasteiger partial charge in [-0.2, -0.15) is 0 Å². The maximum absolute atomic E-state index is 12.5. The lowest BCUT2D eigenvalue weighted by atomic mass is 10.1. The molecule has 0 bridgehead atoms. The zero-order valence-corrected chi connectivity index (χ0v) is 14.3. The zero-order valence-electron chi connectivity index (χ0n) is 12.8. The molecule has 0 saturated carbocycles. The first-order chi connectivity index (χ1) is 10.4. The van der Waals surface area contributed by atoms with E-state index in [0.717, 1.165) is 0 Å². The average Bonchev–Trinajstić information content (AvgIpc) is 2.48. The average molecular weight is 343 g/mol. The molecule has 1 saturated heterocycles. The molecule has 1 aromatic carbocycles. The van der Waals surface area contributed by atoms with Gasteiger partial charge in [-0.15, -0.1) is 0 Å². The summed E-state index contributed by atoms with van der Waals surface area (Å²) < 4.78 is 0. The molecular weight excluding hydrogens is 323 g/mol. The number of piperazine rings is 1. The number of carbonyl (C=O) groups excluding carboxylic acids is 2. The zero-order chi connectivity index (χ0) is 16.3. The van der Waals surface area contributed by atoms with Gasteiger partial charge < -0.3 is 9.80 Å². The van der Waals surface area contributed by atoms with Crippen LogP contribution in [0.1, 0.15) is 30.6 Å². The van der Waals surface area contributed by atoms with Gasteiger partial charge in [0.1, 0.15) is 0 Å². The van der Waals surface area contributed by atoms with E-state index in [1.165, 1.54) is 0 Å². The molecule has 2 rings (SSSR count). The number of amides is 2. The molecule has 0 spiro atoms. The smallest absolute Gasteiger partial charge is 0.255 e. The second-order valence-electron chi connectivity index (χ2n) is 5.90. The summed E-state index contributed by atoms with van der Waals surface area (Å²) in [6.45, 7) is 6.22. The van der Waals surface area contributed by atoms with Crippen molar-refractivity contribution in [2.45, 2.75) is 20.3 Å². The Hall–Kier alpha value is -1.26. The Morgan fingerprint density at radius 3 is 2.27 bits per heavy atom. The molecule has 0 N–H and O–H groups in total. The summed E-state index contributed by atoms with van der Waals surface area (Å²) in [5, 5.41) is 0.881. The molecule has 1 heterocycles. The third kappa shape index (κ3) is 4.14. The molecule has 1 aliphatic rings. The summed E-state index contributed by atoms with van der Waals surface area (Å²) in [5.74, 6) is 0.365. The van der Waals surface area contributed by atoms with Crippen molar-refractivity contribution in [2.24, 2.45) is 5.92 Å². The van der Waals surface area contributed by atoms with Gasteiger partial charge in [0.05, 0.1) is 10.6 Å². The van der Waals surface area contributed by atoms with Crippen molar-refractivity contribution in [2.75, 3.05) is 26.2 Å². The van der Waals surface area contributed by atoms with E-state index >= 15 is 0 Å². The Kier molecular flexibility index (Phi) is 5.70. The van der Waals surface area contributed by atoms with Crippen LogP contribution in [0.25, 0.3) is 0 Å². The van der Waals surface area contributed by atoms with Crippen molar-refractivity contribution in [3.05, 3.63) is 33.8 Å². The molecule has 1 fully saturated rings. The number of benzene rings is 1. The maximum atomic E-state index is 12.5. The molecule has 0 aliphatic carbocycles. The van der Waals surface area contributed by atoms with Crippen molar-refractivity contribution in [1.82, 2.24) is 9.80 Å². The van der Waals surface area contributed by atoms with Crippen LogP contribution in [0.4, 0.5) is 0 Å². The number of hydrogen-bond donors (Lipinski definition) is 0. The fraction of sp³-hybridized carbons (Fsp3) is 0.500. The Bertz CT molecular complexity index is 567. The van der Waals surface area contributed by atoms with E-state index in [9.17, 15) is 9.59 Å². The van der Waals surface area contributed by atoms with Crippen molar-refractivity contribution in [1.29, 1.82) is 0 Å². The van der Waals surface area contributed by atoms with Crippen LogP contribution >= 0.6 is 23.2 Å². The van der Waals surface area contributed by atoms with Gasteiger partial charge in [0.15, 0.2) is 0 Å². The lowest BCUT2D eigenvalue weighted by molar-refractivity contribution is -0.133. The fourth-order valence-electron chi connectivity index (χ4n) is 2.47. The highest BCUT2D eigenvalue weighted by molar-refractivity contribution is 6.35. The highest BCUT2D eigenvalue weighted by atomic mass is 35.5. The van der Waals surface area contributed by atoms with Crippen molar-refractivity contribution >= 4 is 35.0 Å². The fourth-order valence-corrected chi connectivity index (χ4v) is 2.84. The van der Waals surface area contributed by atoms with Crippen LogP contribution in [0.3, 0.4) is 0 Å². The van der Waals surface area contributed by atoms with E-state index in [2.05, 4.69) is 0 Å². The first-order valence-electron chi connectivity index (χ1n) is 7.40. The van der Waals surface area contributed by atoms with Gasteiger partial charge in [0, 0.05) is 37.6 Å². The van der Waals surface area contributed by atoms with Crippen molar-refractivity contribution < 1.29 is 9.59 Å². The molecule has 2 amide bonds. The molecule has 22 heavy (non-hydrogen) atoms. The van der Waals surface area contributed by atoms with E-state index in [-0.39, 0.29) is 11.8 Å². The van der Waals surface area contributed by atoms with Crippen LogP contribution < -0.4 is 0 Å². The van der Waals surface area contributed by atoms with Crippen LogP contribution in [0.15, 0.2) is 18.2 Å². The summed E-state index contributed by atoms with van der Waals surface area (Å²) in [4.78, 5) is 28.1. The minimum absolute atomic E-state index is 0.136. The van der Waals surface area contributed by atoms with Crippen LogP contribution in [0.5, 0.6) is 0 Å². The van der Waals surface area contributed by atoms with Gasteiger partial charge in [-0.05, 0) is 24.1 Å². The SMILES string of the molecule is CC(C)CC(=O)N1CCN(C(=O)c2cc(Cl)ccc2Cl)CC1. The molecule has 4 nitrogen and oxygen atoms in total. The molecule has 120 valence electrons.